The van der Waals surface area contributed by atoms with Crippen molar-refractivity contribution in [2.75, 3.05) is 12.0 Å². The highest BCUT2D eigenvalue weighted by molar-refractivity contribution is 7.99. The van der Waals surface area contributed by atoms with Crippen molar-refractivity contribution in [3.05, 3.63) is 48.5 Å². The van der Waals surface area contributed by atoms with Gasteiger partial charge in [-0.2, -0.15) is 0 Å². The van der Waals surface area contributed by atoms with Gasteiger partial charge in [0.05, 0.1) is 0 Å². The van der Waals surface area contributed by atoms with Gasteiger partial charge in [-0.25, -0.2) is 0 Å². The Kier molecular flexibility index (Phi) is 4.57. The summed E-state index contributed by atoms with van der Waals surface area (Å²) in [5.74, 6) is 1.08. The first-order valence-corrected chi connectivity index (χ1v) is 7.84. The fourth-order valence-electron chi connectivity index (χ4n) is 1.76. The smallest absolute Gasteiger partial charge is 0.0230 e. The van der Waals surface area contributed by atoms with E-state index in [2.05, 4.69) is 55.6 Å². The molecule has 0 bridgehead atoms. The monoisotopic (exact) mass is 259 g/mol. The molecule has 2 heteroatoms. The van der Waals surface area contributed by atoms with Gasteiger partial charge < -0.3 is 0 Å². The van der Waals surface area contributed by atoms with Gasteiger partial charge in [0.1, 0.15) is 0 Å². The zero-order valence-electron chi connectivity index (χ0n) is 10.1. The molecule has 0 aliphatic rings. The lowest BCUT2D eigenvalue weighted by atomic mass is 10.1. The van der Waals surface area contributed by atoms with Crippen LogP contribution in [0.1, 0.15) is 6.92 Å². The van der Waals surface area contributed by atoms with Gasteiger partial charge in [-0.3, -0.25) is 0 Å². The van der Waals surface area contributed by atoms with Crippen LogP contribution >= 0.6 is 23.5 Å². The van der Waals surface area contributed by atoms with Crippen molar-refractivity contribution < 1.29 is 0 Å². The highest BCUT2D eigenvalue weighted by Gasteiger charge is 2.08. The molecule has 0 atom stereocenters. The molecule has 0 aliphatic carbocycles. The first-order chi connectivity index (χ1) is 8.36. The molecule has 0 nitrogen and oxygen atoms in total. The molecular weight excluding hydrogens is 244 g/mol. The normalized spacial score (nSPS) is 10.5. The van der Waals surface area contributed by atoms with Crippen LogP contribution < -0.4 is 0 Å². The lowest BCUT2D eigenvalue weighted by Crippen LogP contribution is -1.85. The summed E-state index contributed by atoms with van der Waals surface area (Å²) in [4.78, 5) is 2.57. The lowest BCUT2D eigenvalue weighted by molar-refractivity contribution is 1.36. The summed E-state index contributed by atoms with van der Waals surface area (Å²) in [6, 6.07) is 18.1. The molecule has 0 spiro atoms. The summed E-state index contributed by atoms with van der Waals surface area (Å²) < 4.78 is 0. The summed E-state index contributed by atoms with van der Waals surface area (Å²) in [5.41, 5.74) is 2.61. The molecule has 0 amide bonds. The Balaban J connectivity index is 2.52. The van der Waals surface area contributed by atoms with Crippen LogP contribution in [0.4, 0.5) is 0 Å². The first kappa shape index (κ1) is 12.6. The standard InChI is InChI=1S/C15H15S2/c1-3-17-15-11-7-5-9-13(15)12-8-4-6-10-14(12)16-2/h4-10H,3H2,1-2H3. The van der Waals surface area contributed by atoms with E-state index in [1.165, 1.54) is 20.9 Å². The predicted molar refractivity (Wildman–Crippen MR) is 78.9 cm³/mol. The summed E-state index contributed by atoms with van der Waals surface area (Å²) >= 11 is 3.65. The van der Waals surface area contributed by atoms with E-state index in [-0.39, 0.29) is 0 Å². The quantitative estimate of drug-likeness (QED) is 0.710. The second-order valence-electron chi connectivity index (χ2n) is 3.55. The average Bonchev–Trinajstić information content (AvgIpc) is 2.40. The van der Waals surface area contributed by atoms with Gasteiger partial charge in [0.15, 0.2) is 0 Å². The third kappa shape index (κ3) is 2.88. The molecule has 17 heavy (non-hydrogen) atoms. The largest absolute Gasteiger partial charge is 0.129 e. The molecule has 0 aliphatic heterocycles. The molecule has 0 saturated carbocycles. The third-order valence-corrected chi connectivity index (χ3v) is 4.21. The van der Waals surface area contributed by atoms with Crippen LogP contribution in [0.3, 0.4) is 0 Å². The molecule has 0 saturated heterocycles. The van der Waals surface area contributed by atoms with E-state index in [0.717, 1.165) is 5.75 Å². The molecular formula is C15H15S2. The van der Waals surface area contributed by atoms with Gasteiger partial charge in [0, 0.05) is 9.79 Å². The Morgan fingerprint density at radius 3 is 2.59 bits per heavy atom. The van der Waals surface area contributed by atoms with E-state index in [1.54, 1.807) is 11.8 Å². The van der Waals surface area contributed by atoms with Crippen molar-refractivity contribution in [2.24, 2.45) is 0 Å². The van der Waals surface area contributed by atoms with Crippen LogP contribution in [-0.4, -0.2) is 12.0 Å². The van der Waals surface area contributed by atoms with E-state index in [0.29, 0.717) is 0 Å². The number of hydrogen-bond acceptors (Lipinski definition) is 2. The van der Waals surface area contributed by atoms with Crippen molar-refractivity contribution >= 4 is 23.5 Å². The number of thioether (sulfide) groups is 2. The highest BCUT2D eigenvalue weighted by atomic mass is 32.2. The second kappa shape index (κ2) is 6.18. The maximum Gasteiger partial charge on any atom is 0.0230 e. The van der Waals surface area contributed by atoms with Crippen LogP contribution in [0, 0.1) is 6.07 Å². The minimum atomic E-state index is 1.08. The average molecular weight is 259 g/mol. The van der Waals surface area contributed by atoms with Gasteiger partial charge >= 0.3 is 0 Å². The van der Waals surface area contributed by atoms with E-state index in [9.17, 15) is 0 Å². The minimum absolute atomic E-state index is 1.08. The summed E-state index contributed by atoms with van der Waals surface area (Å²) in [7, 11) is 0. The Labute approximate surface area is 112 Å². The van der Waals surface area contributed by atoms with Crippen molar-refractivity contribution in [3.63, 3.8) is 0 Å². The molecule has 0 aromatic heterocycles. The lowest BCUT2D eigenvalue weighted by Gasteiger charge is -2.11. The van der Waals surface area contributed by atoms with Gasteiger partial charge in [-0.05, 0) is 35.3 Å². The molecule has 0 heterocycles. The fraction of sp³-hybridized carbons (Fsp3) is 0.200. The van der Waals surface area contributed by atoms with Crippen LogP contribution in [0.2, 0.25) is 0 Å². The van der Waals surface area contributed by atoms with E-state index in [1.807, 2.05) is 17.8 Å². The zero-order valence-corrected chi connectivity index (χ0v) is 11.7. The van der Waals surface area contributed by atoms with Crippen molar-refractivity contribution in [1.82, 2.24) is 0 Å². The van der Waals surface area contributed by atoms with Crippen LogP contribution in [-0.2, 0) is 0 Å². The second-order valence-corrected chi connectivity index (χ2v) is 5.67. The van der Waals surface area contributed by atoms with Gasteiger partial charge in [0.25, 0.3) is 0 Å². The minimum Gasteiger partial charge on any atom is -0.129 e. The molecule has 0 N–H and O–H groups in total. The van der Waals surface area contributed by atoms with Crippen LogP contribution in [0.5, 0.6) is 0 Å². The topological polar surface area (TPSA) is 0 Å². The summed E-state index contributed by atoms with van der Waals surface area (Å²) in [6.07, 6.45) is 2.12. The summed E-state index contributed by atoms with van der Waals surface area (Å²) in [6.45, 7) is 2.18. The van der Waals surface area contributed by atoms with Crippen molar-refractivity contribution in [3.8, 4) is 11.1 Å². The van der Waals surface area contributed by atoms with Gasteiger partial charge in [-0.15, -0.1) is 23.5 Å². The van der Waals surface area contributed by atoms with Gasteiger partial charge in [0.2, 0.25) is 0 Å². The molecule has 2 aromatic rings. The van der Waals surface area contributed by atoms with Gasteiger partial charge in [-0.1, -0.05) is 43.3 Å². The Hall–Kier alpha value is -0.860. The SMILES string of the molecule is CCSc1[c]cccc1-c1ccccc1SC. The Morgan fingerprint density at radius 2 is 1.82 bits per heavy atom. The third-order valence-electron chi connectivity index (χ3n) is 2.50. The van der Waals surface area contributed by atoms with E-state index < -0.39 is 0 Å². The predicted octanol–water partition coefficient (Wildman–Crippen LogP) is 4.99. The molecule has 2 rings (SSSR count). The first-order valence-electron chi connectivity index (χ1n) is 5.63. The maximum atomic E-state index is 3.34. The Morgan fingerprint density at radius 1 is 1.06 bits per heavy atom. The summed E-state index contributed by atoms with van der Waals surface area (Å²) in [5, 5.41) is 0. The van der Waals surface area contributed by atoms with E-state index >= 15 is 0 Å². The zero-order chi connectivity index (χ0) is 12.1. The fourth-order valence-corrected chi connectivity index (χ4v) is 3.15. The molecule has 0 unspecified atom stereocenters. The van der Waals surface area contributed by atoms with Crippen LogP contribution in [0.15, 0.2) is 52.3 Å². The Bertz CT molecular complexity index is 492. The maximum absolute atomic E-state index is 3.34. The van der Waals surface area contributed by atoms with Crippen LogP contribution in [0.25, 0.3) is 11.1 Å². The molecule has 1 radical (unpaired) electrons. The molecule has 87 valence electrons. The molecule has 2 aromatic carbocycles. The highest BCUT2D eigenvalue weighted by Crippen LogP contribution is 2.35. The van der Waals surface area contributed by atoms with Crippen molar-refractivity contribution in [1.29, 1.82) is 0 Å². The number of rotatable bonds is 4. The number of benzene rings is 2. The van der Waals surface area contributed by atoms with Crippen molar-refractivity contribution in [2.45, 2.75) is 16.7 Å². The van der Waals surface area contributed by atoms with E-state index in [4.69, 9.17) is 0 Å². The molecule has 0 fully saturated rings. The number of hydrogen-bond donors (Lipinski definition) is 0.